The summed E-state index contributed by atoms with van der Waals surface area (Å²) in [5.74, 6) is 1.27. The molecule has 124 valence electrons. The quantitative estimate of drug-likeness (QED) is 0.801. The third kappa shape index (κ3) is 2.17. The lowest BCUT2D eigenvalue weighted by molar-refractivity contribution is 0.189. The number of rotatable bonds is 4. The fraction of sp³-hybridized carbons (Fsp3) is 0.500. The molecule has 2 aliphatic carbocycles. The maximum atomic E-state index is 5.77. The van der Waals surface area contributed by atoms with Crippen LogP contribution in [-0.2, 0) is 7.05 Å². The molecule has 2 fully saturated rings. The summed E-state index contributed by atoms with van der Waals surface area (Å²) in [6, 6.07) is 4.71. The molecule has 0 atom stereocenters. The monoisotopic (exact) mass is 322 g/mol. The summed E-state index contributed by atoms with van der Waals surface area (Å²) in [4.78, 5) is 4.85. The molecule has 2 aliphatic rings. The average Bonchev–Trinajstić information content (AvgIpc) is 3.21. The summed E-state index contributed by atoms with van der Waals surface area (Å²) >= 11 is 0. The maximum Gasteiger partial charge on any atom is 0.158 e. The van der Waals surface area contributed by atoms with E-state index < -0.39 is 0 Å². The highest BCUT2D eigenvalue weighted by Gasteiger charge is 2.34. The lowest BCUT2D eigenvalue weighted by Crippen LogP contribution is -2.32. The highest BCUT2D eigenvalue weighted by Crippen LogP contribution is 2.45. The van der Waals surface area contributed by atoms with Crippen molar-refractivity contribution in [2.75, 3.05) is 6.54 Å². The van der Waals surface area contributed by atoms with E-state index in [9.17, 15) is 0 Å². The van der Waals surface area contributed by atoms with Gasteiger partial charge in [-0.25, -0.2) is 4.98 Å². The van der Waals surface area contributed by atoms with Crippen molar-refractivity contribution < 1.29 is 0 Å². The van der Waals surface area contributed by atoms with E-state index in [1.54, 1.807) is 0 Å². The molecule has 0 saturated heterocycles. The van der Waals surface area contributed by atoms with Gasteiger partial charge in [0, 0.05) is 30.1 Å². The van der Waals surface area contributed by atoms with Gasteiger partial charge in [0.05, 0.1) is 23.6 Å². The van der Waals surface area contributed by atoms with Crippen molar-refractivity contribution in [3.63, 3.8) is 0 Å². The zero-order chi connectivity index (χ0) is 16.3. The summed E-state index contributed by atoms with van der Waals surface area (Å²) in [6.07, 6.45) is 8.85. The van der Waals surface area contributed by atoms with Crippen molar-refractivity contribution in [2.24, 2.45) is 18.7 Å². The number of aryl methyl sites for hydroxylation is 1. The van der Waals surface area contributed by atoms with E-state index in [4.69, 9.17) is 15.8 Å². The molecule has 2 saturated carbocycles. The van der Waals surface area contributed by atoms with Gasteiger partial charge in [-0.05, 0) is 50.3 Å². The smallest absolute Gasteiger partial charge is 0.158 e. The summed E-state index contributed by atoms with van der Waals surface area (Å²) in [6.45, 7) is 0.790. The number of nitrogens with zero attached hydrogens (tertiary/aromatic N) is 5. The van der Waals surface area contributed by atoms with Gasteiger partial charge in [0.15, 0.2) is 5.65 Å². The van der Waals surface area contributed by atoms with E-state index in [1.807, 2.05) is 17.9 Å². The van der Waals surface area contributed by atoms with E-state index >= 15 is 0 Å². The largest absolute Gasteiger partial charge is 0.330 e. The van der Waals surface area contributed by atoms with E-state index in [0.29, 0.717) is 17.9 Å². The van der Waals surface area contributed by atoms with Crippen molar-refractivity contribution in [1.82, 2.24) is 24.5 Å². The summed E-state index contributed by atoms with van der Waals surface area (Å²) in [5, 5.41) is 10.3. The first kappa shape index (κ1) is 14.2. The van der Waals surface area contributed by atoms with Crippen LogP contribution in [0.25, 0.3) is 22.3 Å². The molecule has 3 aromatic heterocycles. The SMILES string of the molecule is Cn1ncc2ccc(-c3cn(C4CC(CN)C4)nc3C3CC3)nc21. The predicted molar refractivity (Wildman–Crippen MR) is 92.5 cm³/mol. The van der Waals surface area contributed by atoms with Crippen molar-refractivity contribution >= 4 is 11.0 Å². The molecule has 2 N–H and O–H groups in total. The second-order valence-electron chi connectivity index (χ2n) is 7.29. The van der Waals surface area contributed by atoms with Gasteiger partial charge in [-0.15, -0.1) is 0 Å². The summed E-state index contributed by atoms with van der Waals surface area (Å²) in [7, 11) is 1.94. The molecule has 3 aromatic rings. The van der Waals surface area contributed by atoms with Crippen molar-refractivity contribution in [1.29, 1.82) is 0 Å². The first-order valence-electron chi connectivity index (χ1n) is 8.81. The van der Waals surface area contributed by atoms with Crippen molar-refractivity contribution in [2.45, 2.75) is 37.6 Å². The van der Waals surface area contributed by atoms with Gasteiger partial charge in [0.25, 0.3) is 0 Å². The van der Waals surface area contributed by atoms with E-state index in [-0.39, 0.29) is 0 Å². The Bertz CT molecular complexity index is 898. The van der Waals surface area contributed by atoms with Crippen LogP contribution in [-0.4, -0.2) is 31.1 Å². The van der Waals surface area contributed by atoms with Gasteiger partial charge in [-0.2, -0.15) is 10.2 Å². The number of pyridine rings is 1. The maximum absolute atomic E-state index is 5.77. The third-order valence-corrected chi connectivity index (χ3v) is 5.50. The highest BCUT2D eigenvalue weighted by molar-refractivity contribution is 5.78. The van der Waals surface area contributed by atoms with Crippen LogP contribution in [0.1, 0.15) is 43.3 Å². The molecule has 5 rings (SSSR count). The van der Waals surface area contributed by atoms with Gasteiger partial charge in [-0.3, -0.25) is 9.36 Å². The fourth-order valence-corrected chi connectivity index (χ4v) is 3.73. The summed E-state index contributed by atoms with van der Waals surface area (Å²) < 4.78 is 4.00. The molecular weight excluding hydrogens is 300 g/mol. The van der Waals surface area contributed by atoms with Gasteiger partial charge in [-0.1, -0.05) is 0 Å². The topological polar surface area (TPSA) is 74.5 Å². The van der Waals surface area contributed by atoms with E-state index in [0.717, 1.165) is 36.1 Å². The van der Waals surface area contributed by atoms with Crippen molar-refractivity contribution in [3.8, 4) is 11.3 Å². The normalized spacial score (nSPS) is 23.6. The minimum absolute atomic E-state index is 0.505. The number of nitrogens with two attached hydrogens (primary N) is 1. The lowest BCUT2D eigenvalue weighted by Gasteiger charge is -2.34. The Labute approximate surface area is 140 Å². The van der Waals surface area contributed by atoms with Gasteiger partial charge in [0.1, 0.15) is 0 Å². The lowest BCUT2D eigenvalue weighted by atomic mass is 9.80. The van der Waals surface area contributed by atoms with E-state index in [1.165, 1.54) is 24.1 Å². The molecule has 6 heteroatoms. The highest BCUT2D eigenvalue weighted by atomic mass is 15.3. The van der Waals surface area contributed by atoms with Crippen LogP contribution in [0.3, 0.4) is 0 Å². The molecule has 0 unspecified atom stereocenters. The first-order valence-corrected chi connectivity index (χ1v) is 8.81. The van der Waals surface area contributed by atoms with Crippen LogP contribution in [0.15, 0.2) is 24.5 Å². The molecule has 0 amide bonds. The average molecular weight is 322 g/mol. The zero-order valence-corrected chi connectivity index (χ0v) is 13.9. The molecule has 0 bridgehead atoms. The number of hydrogen-bond donors (Lipinski definition) is 1. The second kappa shape index (κ2) is 5.14. The molecule has 3 heterocycles. The minimum Gasteiger partial charge on any atom is -0.330 e. The standard InChI is InChI=1S/C18H22N6/c1-23-18-13(9-20-23)4-5-16(21-18)15-10-24(14-6-11(7-14)8-19)22-17(15)12-2-3-12/h4-5,9-12,14H,2-3,6-8,19H2,1H3. The molecule has 24 heavy (non-hydrogen) atoms. The Morgan fingerprint density at radius 1 is 1.25 bits per heavy atom. The van der Waals surface area contributed by atoms with Crippen LogP contribution in [0, 0.1) is 5.92 Å². The number of aromatic nitrogens is 5. The molecular formula is C18H22N6. The zero-order valence-electron chi connectivity index (χ0n) is 13.9. The Morgan fingerprint density at radius 2 is 2.08 bits per heavy atom. The van der Waals surface area contributed by atoms with Crippen LogP contribution >= 0.6 is 0 Å². The Kier molecular flexibility index (Phi) is 3.03. The molecule has 0 spiro atoms. The summed E-state index contributed by atoms with van der Waals surface area (Å²) in [5.41, 5.74) is 10.1. The number of hydrogen-bond acceptors (Lipinski definition) is 4. The van der Waals surface area contributed by atoms with Crippen LogP contribution in [0.5, 0.6) is 0 Å². The van der Waals surface area contributed by atoms with Crippen LogP contribution in [0.4, 0.5) is 0 Å². The molecule has 0 radical (unpaired) electrons. The molecule has 0 aromatic carbocycles. The second-order valence-corrected chi connectivity index (χ2v) is 7.29. The Balaban J connectivity index is 1.55. The van der Waals surface area contributed by atoms with Gasteiger partial charge in [0.2, 0.25) is 0 Å². The Hall–Kier alpha value is -2.21. The molecule has 6 nitrogen and oxygen atoms in total. The first-order chi connectivity index (χ1) is 11.7. The van der Waals surface area contributed by atoms with Crippen molar-refractivity contribution in [3.05, 3.63) is 30.2 Å². The van der Waals surface area contributed by atoms with Gasteiger partial charge >= 0.3 is 0 Å². The Morgan fingerprint density at radius 3 is 2.83 bits per heavy atom. The number of fused-ring (bicyclic) bond motifs is 1. The van der Waals surface area contributed by atoms with E-state index in [2.05, 4.69) is 28.1 Å². The third-order valence-electron chi connectivity index (χ3n) is 5.50. The van der Waals surface area contributed by atoms with Crippen LogP contribution in [0.2, 0.25) is 0 Å². The predicted octanol–water partition coefficient (Wildman–Crippen LogP) is 2.62. The van der Waals surface area contributed by atoms with Gasteiger partial charge < -0.3 is 5.73 Å². The minimum atomic E-state index is 0.505. The molecule has 0 aliphatic heterocycles. The fourth-order valence-electron chi connectivity index (χ4n) is 3.73. The van der Waals surface area contributed by atoms with Crippen LogP contribution < -0.4 is 5.73 Å².